The van der Waals surface area contributed by atoms with Gasteiger partial charge in [-0.25, -0.2) is 9.67 Å². The molecule has 0 spiro atoms. The fourth-order valence-electron chi connectivity index (χ4n) is 2.32. The second kappa shape index (κ2) is 6.91. The molecule has 0 fully saturated rings. The number of aliphatic hydroxyl groups is 1. The highest BCUT2D eigenvalue weighted by Gasteiger charge is 2.18. The summed E-state index contributed by atoms with van der Waals surface area (Å²) in [5, 5.41) is 16.3. The zero-order valence-corrected chi connectivity index (χ0v) is 14.1. The third kappa shape index (κ3) is 4.39. The highest BCUT2D eigenvalue weighted by atomic mass is 16.3. The number of aromatic nitrogens is 3. The number of aliphatic hydroxyl groups excluding tert-OH is 1. The monoisotopic (exact) mass is 316 g/mol. The Kier molecular flexibility index (Phi) is 5.15. The van der Waals surface area contributed by atoms with Crippen LogP contribution in [0.15, 0.2) is 24.4 Å². The van der Waals surface area contributed by atoms with Gasteiger partial charge in [0.05, 0.1) is 11.3 Å². The van der Waals surface area contributed by atoms with E-state index < -0.39 is 0 Å². The van der Waals surface area contributed by atoms with Crippen LogP contribution in [0.2, 0.25) is 0 Å². The Balaban J connectivity index is 2.04. The van der Waals surface area contributed by atoms with Crippen LogP contribution in [0.1, 0.15) is 42.0 Å². The van der Waals surface area contributed by atoms with Gasteiger partial charge in [0.1, 0.15) is 0 Å². The Morgan fingerprint density at radius 3 is 2.61 bits per heavy atom. The second-order valence-electron chi connectivity index (χ2n) is 6.56. The molecule has 0 aromatic carbocycles. The third-order valence-corrected chi connectivity index (χ3v) is 3.75. The molecule has 2 aromatic heterocycles. The second-order valence-corrected chi connectivity index (χ2v) is 6.56. The summed E-state index contributed by atoms with van der Waals surface area (Å²) in [6.07, 6.45) is 2.20. The van der Waals surface area contributed by atoms with Crippen molar-refractivity contribution in [2.45, 2.75) is 34.1 Å². The van der Waals surface area contributed by atoms with Gasteiger partial charge in [0.25, 0.3) is 5.91 Å². The predicted molar refractivity (Wildman–Crippen MR) is 88.7 cm³/mol. The van der Waals surface area contributed by atoms with Crippen molar-refractivity contribution < 1.29 is 9.90 Å². The van der Waals surface area contributed by atoms with E-state index in [-0.39, 0.29) is 17.9 Å². The van der Waals surface area contributed by atoms with Gasteiger partial charge in [0, 0.05) is 25.0 Å². The van der Waals surface area contributed by atoms with Crippen molar-refractivity contribution in [3.63, 3.8) is 0 Å². The van der Waals surface area contributed by atoms with Gasteiger partial charge in [-0.2, -0.15) is 5.10 Å². The van der Waals surface area contributed by atoms with E-state index in [4.69, 9.17) is 5.11 Å². The molecule has 6 heteroatoms. The fourth-order valence-corrected chi connectivity index (χ4v) is 2.32. The number of rotatable bonds is 6. The molecule has 0 unspecified atom stereocenters. The average Bonchev–Trinajstić information content (AvgIpc) is 2.84. The van der Waals surface area contributed by atoms with Gasteiger partial charge in [-0.15, -0.1) is 0 Å². The molecule has 0 aliphatic carbocycles. The maximum atomic E-state index is 12.2. The Morgan fingerprint density at radius 2 is 2.09 bits per heavy atom. The fraction of sp³-hybridized carbons (Fsp3) is 0.471. The lowest BCUT2D eigenvalue weighted by Gasteiger charge is -2.23. The van der Waals surface area contributed by atoms with Gasteiger partial charge < -0.3 is 10.4 Å². The molecule has 124 valence electrons. The van der Waals surface area contributed by atoms with Crippen molar-refractivity contribution in [1.82, 2.24) is 20.1 Å². The number of hydrogen-bond donors (Lipinski definition) is 2. The van der Waals surface area contributed by atoms with Gasteiger partial charge in [-0.3, -0.25) is 4.79 Å². The Hall–Kier alpha value is -2.21. The summed E-state index contributed by atoms with van der Waals surface area (Å²) in [5.74, 6) is 0.524. The van der Waals surface area contributed by atoms with Crippen LogP contribution in [-0.4, -0.2) is 38.9 Å². The average molecular weight is 316 g/mol. The number of aryl methyl sites for hydroxylation is 2. The van der Waals surface area contributed by atoms with Crippen LogP contribution < -0.4 is 5.32 Å². The SMILES string of the molecule is Cc1cc(C)n(-c2ccc(C(=O)NCC(C)(C)CCO)cn2)n1. The van der Waals surface area contributed by atoms with E-state index in [1.165, 1.54) is 0 Å². The summed E-state index contributed by atoms with van der Waals surface area (Å²) in [4.78, 5) is 16.5. The molecule has 2 aromatic rings. The lowest BCUT2D eigenvalue weighted by atomic mass is 9.90. The zero-order chi connectivity index (χ0) is 17.0. The van der Waals surface area contributed by atoms with Crippen molar-refractivity contribution in [3.05, 3.63) is 41.3 Å². The van der Waals surface area contributed by atoms with E-state index in [0.29, 0.717) is 24.3 Å². The van der Waals surface area contributed by atoms with Crippen LogP contribution in [0.3, 0.4) is 0 Å². The Morgan fingerprint density at radius 1 is 1.35 bits per heavy atom. The molecule has 0 aliphatic rings. The molecule has 2 N–H and O–H groups in total. The van der Waals surface area contributed by atoms with Crippen LogP contribution in [0.4, 0.5) is 0 Å². The lowest BCUT2D eigenvalue weighted by Crippen LogP contribution is -2.34. The first kappa shape index (κ1) is 17.1. The summed E-state index contributed by atoms with van der Waals surface area (Å²) in [7, 11) is 0. The molecule has 1 amide bonds. The zero-order valence-electron chi connectivity index (χ0n) is 14.1. The van der Waals surface area contributed by atoms with Gasteiger partial charge in [0.15, 0.2) is 5.82 Å². The molecule has 2 heterocycles. The summed E-state index contributed by atoms with van der Waals surface area (Å²) in [6, 6.07) is 5.51. The highest BCUT2D eigenvalue weighted by molar-refractivity contribution is 5.93. The van der Waals surface area contributed by atoms with E-state index in [2.05, 4.69) is 15.4 Å². The molecule has 0 bridgehead atoms. The number of carbonyl (C=O) groups excluding carboxylic acids is 1. The number of hydrogen-bond acceptors (Lipinski definition) is 4. The van der Waals surface area contributed by atoms with Crippen molar-refractivity contribution in [1.29, 1.82) is 0 Å². The maximum Gasteiger partial charge on any atom is 0.252 e. The summed E-state index contributed by atoms with van der Waals surface area (Å²) in [5.41, 5.74) is 2.30. The number of amides is 1. The molecule has 0 radical (unpaired) electrons. The first-order chi connectivity index (χ1) is 10.8. The molecule has 0 saturated carbocycles. The maximum absolute atomic E-state index is 12.2. The summed E-state index contributed by atoms with van der Waals surface area (Å²) < 4.78 is 1.75. The summed E-state index contributed by atoms with van der Waals surface area (Å²) in [6.45, 7) is 8.53. The summed E-state index contributed by atoms with van der Waals surface area (Å²) >= 11 is 0. The minimum absolute atomic E-state index is 0.113. The molecule has 6 nitrogen and oxygen atoms in total. The number of carbonyl (C=O) groups is 1. The first-order valence-corrected chi connectivity index (χ1v) is 7.71. The standard InChI is InChI=1S/C17H24N4O2/c1-12-9-13(2)21(20-12)15-6-5-14(10-18-15)16(23)19-11-17(3,4)7-8-22/h5-6,9-10,22H,7-8,11H2,1-4H3,(H,19,23). The minimum Gasteiger partial charge on any atom is -0.396 e. The van der Waals surface area contributed by atoms with Crippen molar-refractivity contribution in [2.75, 3.05) is 13.2 Å². The van der Waals surface area contributed by atoms with Crippen molar-refractivity contribution >= 4 is 5.91 Å². The molecule has 0 aliphatic heterocycles. The van der Waals surface area contributed by atoms with Crippen molar-refractivity contribution in [2.24, 2.45) is 5.41 Å². The molecule has 2 rings (SSSR count). The molecule has 23 heavy (non-hydrogen) atoms. The van der Waals surface area contributed by atoms with E-state index in [0.717, 1.165) is 11.4 Å². The van der Waals surface area contributed by atoms with Crippen LogP contribution in [0.5, 0.6) is 0 Å². The minimum atomic E-state index is -0.163. The topological polar surface area (TPSA) is 80.0 Å². The smallest absolute Gasteiger partial charge is 0.252 e. The van der Waals surface area contributed by atoms with Crippen LogP contribution in [0.25, 0.3) is 5.82 Å². The Bertz CT molecular complexity index is 674. The predicted octanol–water partition coefficient (Wildman–Crippen LogP) is 2.02. The number of nitrogens with one attached hydrogen (secondary N) is 1. The quantitative estimate of drug-likeness (QED) is 0.854. The molecule has 0 saturated heterocycles. The van der Waals surface area contributed by atoms with Gasteiger partial charge in [-0.05, 0) is 43.9 Å². The highest BCUT2D eigenvalue weighted by Crippen LogP contribution is 2.18. The molecular formula is C17H24N4O2. The lowest BCUT2D eigenvalue weighted by molar-refractivity contribution is 0.0928. The van der Waals surface area contributed by atoms with Gasteiger partial charge in [-0.1, -0.05) is 13.8 Å². The van der Waals surface area contributed by atoms with Crippen LogP contribution >= 0.6 is 0 Å². The van der Waals surface area contributed by atoms with Crippen molar-refractivity contribution in [3.8, 4) is 5.82 Å². The normalized spacial score (nSPS) is 11.5. The molecular weight excluding hydrogens is 292 g/mol. The van der Waals surface area contributed by atoms with Gasteiger partial charge in [0.2, 0.25) is 0 Å². The largest absolute Gasteiger partial charge is 0.396 e. The van der Waals surface area contributed by atoms with E-state index >= 15 is 0 Å². The Labute approximate surface area is 136 Å². The third-order valence-electron chi connectivity index (χ3n) is 3.75. The van der Waals surface area contributed by atoms with E-state index in [9.17, 15) is 4.79 Å². The van der Waals surface area contributed by atoms with Gasteiger partial charge >= 0.3 is 0 Å². The van der Waals surface area contributed by atoms with E-state index in [1.807, 2.05) is 33.8 Å². The first-order valence-electron chi connectivity index (χ1n) is 7.71. The van der Waals surface area contributed by atoms with Crippen LogP contribution in [-0.2, 0) is 0 Å². The number of nitrogens with zero attached hydrogens (tertiary/aromatic N) is 3. The van der Waals surface area contributed by atoms with E-state index in [1.54, 1.807) is 23.0 Å². The number of pyridine rings is 1. The molecule has 0 atom stereocenters. The van der Waals surface area contributed by atoms with Crippen LogP contribution in [0, 0.1) is 19.3 Å².